The monoisotopic (exact) mass is 257 g/mol. The van der Waals surface area contributed by atoms with Gasteiger partial charge in [-0.05, 0) is 36.8 Å². The highest BCUT2D eigenvalue weighted by Gasteiger charge is 2.19. The quantitative estimate of drug-likeness (QED) is 0.563. The van der Waals surface area contributed by atoms with Crippen LogP contribution in [0.1, 0.15) is 37.7 Å². The minimum atomic E-state index is 0.355. The third-order valence-electron chi connectivity index (χ3n) is 3.33. The van der Waals surface area contributed by atoms with Crippen LogP contribution in [0, 0.1) is 5.92 Å². The van der Waals surface area contributed by atoms with E-state index in [0.29, 0.717) is 11.3 Å². The first-order chi connectivity index (χ1) is 7.75. The fraction of sp³-hybridized carbons (Fsp3) is 0.615. The van der Waals surface area contributed by atoms with Crippen LogP contribution in [0.4, 0.5) is 0 Å². The molecule has 1 aliphatic carbocycles. The van der Waals surface area contributed by atoms with Crippen LogP contribution in [-0.2, 0) is 6.42 Å². The molecule has 3 heteroatoms. The third-order valence-corrected chi connectivity index (χ3v) is 4.07. The molecule has 0 amide bonds. The zero-order valence-electron chi connectivity index (χ0n) is 9.33. The first-order valence-corrected chi connectivity index (χ1v) is 6.79. The van der Waals surface area contributed by atoms with Gasteiger partial charge in [0.25, 0.3) is 0 Å². The average Bonchev–Trinajstić information content (AvgIpc) is 2.46. The highest BCUT2D eigenvalue weighted by atomic mass is 35.5. The zero-order chi connectivity index (χ0) is 11.4. The van der Waals surface area contributed by atoms with Crippen LogP contribution in [0.15, 0.2) is 18.5 Å². The Balaban J connectivity index is 2.00. The summed E-state index contributed by atoms with van der Waals surface area (Å²) in [6.07, 6.45) is 10.7. The lowest BCUT2D eigenvalue weighted by Gasteiger charge is -2.16. The van der Waals surface area contributed by atoms with Gasteiger partial charge in [-0.3, -0.25) is 4.98 Å². The Morgan fingerprint density at radius 2 is 2.12 bits per heavy atom. The molecule has 1 aromatic rings. The second-order valence-electron chi connectivity index (χ2n) is 4.65. The van der Waals surface area contributed by atoms with Gasteiger partial charge in [-0.2, -0.15) is 0 Å². The van der Waals surface area contributed by atoms with E-state index in [4.69, 9.17) is 23.2 Å². The number of halogens is 2. The van der Waals surface area contributed by atoms with Gasteiger partial charge in [0.2, 0.25) is 0 Å². The van der Waals surface area contributed by atoms with Gasteiger partial charge < -0.3 is 0 Å². The normalized spacial score (nSPS) is 26.4. The van der Waals surface area contributed by atoms with Crippen LogP contribution in [0.2, 0.25) is 5.02 Å². The van der Waals surface area contributed by atoms with E-state index in [1.54, 1.807) is 6.20 Å². The SMILES string of the molecule is Clc1cnccc1CC1CCCCC(Cl)C1. The lowest BCUT2D eigenvalue weighted by Crippen LogP contribution is -2.09. The predicted octanol–water partition coefficient (Wildman–Crippen LogP) is 4.47. The molecule has 1 aromatic heterocycles. The molecule has 0 saturated heterocycles. The molecule has 0 aliphatic heterocycles. The summed E-state index contributed by atoms with van der Waals surface area (Å²) < 4.78 is 0. The van der Waals surface area contributed by atoms with Crippen LogP contribution in [0.5, 0.6) is 0 Å². The molecule has 1 aliphatic rings. The molecule has 0 N–H and O–H groups in total. The van der Waals surface area contributed by atoms with Crippen molar-refractivity contribution in [2.75, 3.05) is 0 Å². The second kappa shape index (κ2) is 5.88. The van der Waals surface area contributed by atoms with Gasteiger partial charge in [-0.15, -0.1) is 11.6 Å². The van der Waals surface area contributed by atoms with E-state index in [-0.39, 0.29) is 0 Å². The first kappa shape index (κ1) is 12.2. The maximum atomic E-state index is 6.28. The zero-order valence-corrected chi connectivity index (χ0v) is 10.8. The highest BCUT2D eigenvalue weighted by Crippen LogP contribution is 2.30. The number of aromatic nitrogens is 1. The third kappa shape index (κ3) is 3.36. The van der Waals surface area contributed by atoms with E-state index < -0.39 is 0 Å². The van der Waals surface area contributed by atoms with Gasteiger partial charge in [0.1, 0.15) is 0 Å². The molecule has 2 rings (SSSR count). The molecule has 88 valence electrons. The molecule has 1 saturated carbocycles. The number of alkyl halides is 1. The van der Waals surface area contributed by atoms with E-state index in [2.05, 4.69) is 4.98 Å². The van der Waals surface area contributed by atoms with Crippen molar-refractivity contribution >= 4 is 23.2 Å². The average molecular weight is 258 g/mol. The molecule has 0 bridgehead atoms. The van der Waals surface area contributed by atoms with Gasteiger partial charge in [-0.25, -0.2) is 0 Å². The lowest BCUT2D eigenvalue weighted by molar-refractivity contribution is 0.460. The maximum absolute atomic E-state index is 6.28. The Kier molecular flexibility index (Phi) is 4.48. The number of hydrogen-bond donors (Lipinski definition) is 0. The summed E-state index contributed by atoms with van der Waals surface area (Å²) in [5, 5.41) is 1.14. The van der Waals surface area contributed by atoms with E-state index >= 15 is 0 Å². The molecular weight excluding hydrogens is 241 g/mol. The van der Waals surface area contributed by atoms with Gasteiger partial charge in [0.05, 0.1) is 5.02 Å². The summed E-state index contributed by atoms with van der Waals surface area (Å²) in [4.78, 5) is 4.01. The van der Waals surface area contributed by atoms with Crippen molar-refractivity contribution in [1.29, 1.82) is 0 Å². The molecule has 0 aromatic carbocycles. The Bertz CT molecular complexity index is 340. The summed E-state index contributed by atoms with van der Waals surface area (Å²) in [6.45, 7) is 0. The van der Waals surface area contributed by atoms with Gasteiger partial charge >= 0.3 is 0 Å². The molecule has 2 unspecified atom stereocenters. The van der Waals surface area contributed by atoms with Crippen LogP contribution in [0.25, 0.3) is 0 Å². The van der Waals surface area contributed by atoms with Crippen molar-refractivity contribution in [3.8, 4) is 0 Å². The predicted molar refractivity (Wildman–Crippen MR) is 69.2 cm³/mol. The Hall–Kier alpha value is -0.270. The fourth-order valence-electron chi connectivity index (χ4n) is 2.46. The molecule has 1 heterocycles. The summed E-state index contributed by atoms with van der Waals surface area (Å²) in [7, 11) is 0. The highest BCUT2D eigenvalue weighted by molar-refractivity contribution is 6.31. The summed E-state index contributed by atoms with van der Waals surface area (Å²) in [5.74, 6) is 0.685. The van der Waals surface area contributed by atoms with E-state index in [9.17, 15) is 0 Å². The molecule has 1 nitrogen and oxygen atoms in total. The molecule has 16 heavy (non-hydrogen) atoms. The second-order valence-corrected chi connectivity index (χ2v) is 5.68. The van der Waals surface area contributed by atoms with Gasteiger partial charge in [0, 0.05) is 17.8 Å². The van der Waals surface area contributed by atoms with Gasteiger partial charge in [-0.1, -0.05) is 30.9 Å². The van der Waals surface area contributed by atoms with Crippen LogP contribution < -0.4 is 0 Å². The number of pyridine rings is 1. The lowest BCUT2D eigenvalue weighted by atomic mass is 9.93. The molecule has 2 atom stereocenters. The van der Waals surface area contributed by atoms with Crippen LogP contribution in [-0.4, -0.2) is 10.4 Å². The molecule has 1 fully saturated rings. The minimum Gasteiger partial charge on any atom is -0.263 e. The van der Waals surface area contributed by atoms with Crippen molar-refractivity contribution in [2.24, 2.45) is 5.92 Å². The van der Waals surface area contributed by atoms with Crippen molar-refractivity contribution in [3.05, 3.63) is 29.0 Å². The molecule has 0 radical (unpaired) electrons. The Morgan fingerprint density at radius 1 is 1.31 bits per heavy atom. The Morgan fingerprint density at radius 3 is 2.94 bits per heavy atom. The number of hydrogen-bond acceptors (Lipinski definition) is 1. The Labute approximate surface area is 107 Å². The summed E-state index contributed by atoms with van der Waals surface area (Å²) in [6, 6.07) is 2.02. The topological polar surface area (TPSA) is 12.9 Å². The molecule has 0 spiro atoms. The molecular formula is C13H17Cl2N. The van der Waals surface area contributed by atoms with Crippen molar-refractivity contribution in [3.63, 3.8) is 0 Å². The first-order valence-electron chi connectivity index (χ1n) is 5.98. The van der Waals surface area contributed by atoms with E-state index in [1.165, 1.54) is 31.2 Å². The van der Waals surface area contributed by atoms with Crippen LogP contribution >= 0.6 is 23.2 Å². The summed E-state index contributed by atoms with van der Waals surface area (Å²) >= 11 is 12.4. The largest absolute Gasteiger partial charge is 0.263 e. The summed E-state index contributed by atoms with van der Waals surface area (Å²) in [5.41, 5.74) is 1.22. The van der Waals surface area contributed by atoms with Crippen molar-refractivity contribution < 1.29 is 0 Å². The van der Waals surface area contributed by atoms with Gasteiger partial charge in [0.15, 0.2) is 0 Å². The smallest absolute Gasteiger partial charge is 0.0621 e. The number of rotatable bonds is 2. The van der Waals surface area contributed by atoms with Crippen molar-refractivity contribution in [2.45, 2.75) is 43.9 Å². The standard InChI is InChI=1S/C13H17Cl2N/c14-12-4-2-1-3-10(8-12)7-11-5-6-16-9-13(11)15/h5-6,9-10,12H,1-4,7-8H2. The van der Waals surface area contributed by atoms with Crippen LogP contribution in [0.3, 0.4) is 0 Å². The van der Waals surface area contributed by atoms with E-state index in [1.807, 2.05) is 12.3 Å². The van der Waals surface area contributed by atoms with Crippen molar-refractivity contribution in [1.82, 2.24) is 4.98 Å². The van der Waals surface area contributed by atoms with E-state index in [0.717, 1.165) is 17.9 Å². The number of nitrogens with zero attached hydrogens (tertiary/aromatic N) is 1. The minimum absolute atomic E-state index is 0.355. The fourth-order valence-corrected chi connectivity index (χ4v) is 3.06. The maximum Gasteiger partial charge on any atom is 0.0621 e.